The smallest absolute Gasteiger partial charge is 0.243 e. The minimum absolute atomic E-state index is 0.0512. The van der Waals surface area contributed by atoms with Crippen LogP contribution in [-0.4, -0.2) is 37.5 Å². The third kappa shape index (κ3) is 3.03. The molecule has 0 heterocycles. The van der Waals surface area contributed by atoms with Crippen molar-refractivity contribution in [1.29, 1.82) is 5.26 Å². The van der Waals surface area contributed by atoms with E-state index in [-0.39, 0.29) is 24.6 Å². The first-order valence-electron chi connectivity index (χ1n) is 5.17. The maximum atomic E-state index is 12.1. The zero-order valence-electron chi connectivity index (χ0n) is 9.50. The summed E-state index contributed by atoms with van der Waals surface area (Å²) in [5.41, 5.74) is 0.297. The number of likely N-dealkylation sites (N-methyl/N-ethyl adjacent to an activating group) is 1. The van der Waals surface area contributed by atoms with Crippen molar-refractivity contribution in [2.24, 2.45) is 0 Å². The van der Waals surface area contributed by atoms with Crippen molar-refractivity contribution in [2.45, 2.75) is 11.8 Å². The molecule has 0 aliphatic carbocycles. The number of sulfonamides is 1. The highest BCUT2D eigenvalue weighted by atomic mass is 32.2. The molecule has 0 unspecified atom stereocenters. The molecular weight excluding hydrogens is 240 g/mol. The van der Waals surface area contributed by atoms with Gasteiger partial charge in [0.1, 0.15) is 0 Å². The maximum absolute atomic E-state index is 12.1. The number of aliphatic hydroxyl groups is 1. The number of nitrogens with zero attached hydrogens (tertiary/aromatic N) is 2. The molecule has 0 aliphatic heterocycles. The summed E-state index contributed by atoms with van der Waals surface area (Å²) in [6.45, 7) is 1.79. The van der Waals surface area contributed by atoms with Crippen LogP contribution >= 0.6 is 0 Å². The fraction of sp³-hybridized carbons (Fsp3) is 0.364. The number of rotatable bonds is 5. The second-order valence-electron chi connectivity index (χ2n) is 3.36. The first kappa shape index (κ1) is 13.6. The van der Waals surface area contributed by atoms with E-state index in [0.717, 1.165) is 0 Å². The summed E-state index contributed by atoms with van der Waals surface area (Å²) in [5.74, 6) is 0. The number of hydrogen-bond acceptors (Lipinski definition) is 4. The highest BCUT2D eigenvalue weighted by molar-refractivity contribution is 7.89. The quantitative estimate of drug-likeness (QED) is 0.832. The molecule has 0 aromatic heterocycles. The zero-order valence-corrected chi connectivity index (χ0v) is 10.3. The SMILES string of the molecule is CCN(CCO)S(=O)(=O)c1cccc(C#N)c1. The average molecular weight is 254 g/mol. The van der Waals surface area contributed by atoms with Crippen molar-refractivity contribution in [3.05, 3.63) is 29.8 Å². The van der Waals surface area contributed by atoms with Gasteiger partial charge in [-0.1, -0.05) is 13.0 Å². The summed E-state index contributed by atoms with van der Waals surface area (Å²) in [4.78, 5) is 0.0758. The van der Waals surface area contributed by atoms with E-state index < -0.39 is 10.0 Å². The van der Waals surface area contributed by atoms with Gasteiger partial charge >= 0.3 is 0 Å². The lowest BCUT2D eigenvalue weighted by Gasteiger charge is -2.19. The molecule has 1 rings (SSSR count). The van der Waals surface area contributed by atoms with E-state index in [9.17, 15) is 8.42 Å². The Balaban J connectivity index is 3.16. The second-order valence-corrected chi connectivity index (χ2v) is 5.30. The predicted octanol–water partition coefficient (Wildman–Crippen LogP) is 0.561. The van der Waals surface area contributed by atoms with Crippen LogP contribution in [0.3, 0.4) is 0 Å². The Kier molecular flexibility index (Phi) is 4.63. The summed E-state index contributed by atoms with van der Waals surface area (Å²) in [6.07, 6.45) is 0. The largest absolute Gasteiger partial charge is 0.395 e. The Bertz CT molecular complexity index is 520. The van der Waals surface area contributed by atoms with Gasteiger partial charge in [0.15, 0.2) is 0 Å². The summed E-state index contributed by atoms with van der Waals surface area (Å²) < 4.78 is 25.4. The zero-order chi connectivity index (χ0) is 12.9. The van der Waals surface area contributed by atoms with E-state index in [1.807, 2.05) is 6.07 Å². The van der Waals surface area contributed by atoms with Gasteiger partial charge in [-0.25, -0.2) is 8.42 Å². The Morgan fingerprint density at radius 2 is 2.18 bits per heavy atom. The molecule has 5 nitrogen and oxygen atoms in total. The third-order valence-corrected chi connectivity index (χ3v) is 4.27. The van der Waals surface area contributed by atoms with E-state index >= 15 is 0 Å². The fourth-order valence-electron chi connectivity index (χ4n) is 1.43. The first-order valence-corrected chi connectivity index (χ1v) is 6.61. The minimum atomic E-state index is -3.62. The highest BCUT2D eigenvalue weighted by Crippen LogP contribution is 2.16. The number of nitriles is 1. The molecular formula is C11H14N2O3S. The van der Waals surface area contributed by atoms with Gasteiger partial charge in [-0.2, -0.15) is 9.57 Å². The van der Waals surface area contributed by atoms with Crippen LogP contribution in [0.5, 0.6) is 0 Å². The van der Waals surface area contributed by atoms with E-state index in [1.54, 1.807) is 13.0 Å². The van der Waals surface area contributed by atoms with Crippen LogP contribution in [0.15, 0.2) is 29.2 Å². The van der Waals surface area contributed by atoms with Gasteiger partial charge in [-0.3, -0.25) is 0 Å². The molecule has 0 saturated carbocycles. The Labute approximate surface area is 101 Å². The number of benzene rings is 1. The van der Waals surface area contributed by atoms with Gasteiger partial charge in [-0.05, 0) is 18.2 Å². The third-order valence-electron chi connectivity index (χ3n) is 2.30. The van der Waals surface area contributed by atoms with Crippen molar-refractivity contribution in [1.82, 2.24) is 4.31 Å². The molecule has 0 spiro atoms. The van der Waals surface area contributed by atoms with E-state index in [0.29, 0.717) is 5.56 Å². The number of hydrogen-bond donors (Lipinski definition) is 1. The fourth-order valence-corrected chi connectivity index (χ4v) is 2.92. The summed E-state index contributed by atoms with van der Waals surface area (Å²) in [5, 5.41) is 17.5. The van der Waals surface area contributed by atoms with Gasteiger partial charge < -0.3 is 5.11 Å². The van der Waals surface area contributed by atoms with Crippen LogP contribution in [0.4, 0.5) is 0 Å². The normalized spacial score (nSPS) is 11.4. The van der Waals surface area contributed by atoms with Gasteiger partial charge in [0.2, 0.25) is 10.0 Å². The van der Waals surface area contributed by atoms with Crippen LogP contribution in [0.2, 0.25) is 0 Å². The molecule has 0 atom stereocenters. The van der Waals surface area contributed by atoms with Crippen LogP contribution < -0.4 is 0 Å². The second kappa shape index (κ2) is 5.77. The molecule has 0 bridgehead atoms. The van der Waals surface area contributed by atoms with Crippen molar-refractivity contribution >= 4 is 10.0 Å². The lowest BCUT2D eigenvalue weighted by Crippen LogP contribution is -2.33. The van der Waals surface area contributed by atoms with Crippen LogP contribution in [0, 0.1) is 11.3 Å². The molecule has 0 amide bonds. The van der Waals surface area contributed by atoms with Gasteiger partial charge in [0.25, 0.3) is 0 Å². The van der Waals surface area contributed by atoms with Crippen LogP contribution in [-0.2, 0) is 10.0 Å². The predicted molar refractivity (Wildman–Crippen MR) is 62.7 cm³/mol. The molecule has 1 aromatic rings. The molecule has 92 valence electrons. The molecule has 1 aromatic carbocycles. The molecule has 0 radical (unpaired) electrons. The molecule has 1 N–H and O–H groups in total. The highest BCUT2D eigenvalue weighted by Gasteiger charge is 2.22. The number of aliphatic hydroxyl groups excluding tert-OH is 1. The van der Waals surface area contributed by atoms with E-state index in [1.165, 1.54) is 22.5 Å². The molecule has 0 fully saturated rings. The van der Waals surface area contributed by atoms with Gasteiger partial charge in [0.05, 0.1) is 23.1 Å². The van der Waals surface area contributed by atoms with Crippen LogP contribution in [0.1, 0.15) is 12.5 Å². The standard InChI is InChI=1S/C11H14N2O3S/c1-2-13(6-7-14)17(15,16)11-5-3-4-10(8-11)9-12/h3-5,8,14H,2,6-7H2,1H3. The molecule has 17 heavy (non-hydrogen) atoms. The Morgan fingerprint density at radius 1 is 1.47 bits per heavy atom. The van der Waals surface area contributed by atoms with Gasteiger partial charge in [-0.15, -0.1) is 0 Å². The van der Waals surface area contributed by atoms with E-state index in [2.05, 4.69) is 0 Å². The molecule has 0 saturated heterocycles. The van der Waals surface area contributed by atoms with Crippen molar-refractivity contribution in [2.75, 3.05) is 19.7 Å². The molecule has 0 aliphatic rings. The van der Waals surface area contributed by atoms with E-state index in [4.69, 9.17) is 10.4 Å². The first-order chi connectivity index (χ1) is 8.06. The molecule has 6 heteroatoms. The van der Waals surface area contributed by atoms with Crippen molar-refractivity contribution in [3.63, 3.8) is 0 Å². The Morgan fingerprint density at radius 3 is 2.71 bits per heavy atom. The monoisotopic (exact) mass is 254 g/mol. The van der Waals surface area contributed by atoms with Crippen molar-refractivity contribution in [3.8, 4) is 6.07 Å². The van der Waals surface area contributed by atoms with Crippen molar-refractivity contribution < 1.29 is 13.5 Å². The summed E-state index contributed by atoms with van der Waals surface area (Å²) in [7, 11) is -3.62. The Hall–Kier alpha value is -1.42. The average Bonchev–Trinajstić information content (AvgIpc) is 2.35. The lowest BCUT2D eigenvalue weighted by atomic mass is 10.2. The summed E-state index contributed by atoms with van der Waals surface area (Å²) in [6, 6.07) is 7.73. The topological polar surface area (TPSA) is 81.4 Å². The lowest BCUT2D eigenvalue weighted by molar-refractivity contribution is 0.257. The van der Waals surface area contributed by atoms with Gasteiger partial charge in [0, 0.05) is 13.1 Å². The summed E-state index contributed by atoms with van der Waals surface area (Å²) >= 11 is 0. The maximum Gasteiger partial charge on any atom is 0.243 e. The van der Waals surface area contributed by atoms with Crippen LogP contribution in [0.25, 0.3) is 0 Å². The minimum Gasteiger partial charge on any atom is -0.395 e.